The largest absolute Gasteiger partial charge is 0.326 e. The number of carbonyl (C=O) groups is 1. The van der Waals surface area contributed by atoms with E-state index in [4.69, 9.17) is 0 Å². The summed E-state index contributed by atoms with van der Waals surface area (Å²) in [5.41, 5.74) is 1.74. The Morgan fingerprint density at radius 1 is 1.25 bits per heavy atom. The van der Waals surface area contributed by atoms with E-state index in [1.807, 2.05) is 24.3 Å². The van der Waals surface area contributed by atoms with Crippen molar-refractivity contribution in [2.75, 3.05) is 16.8 Å². The molecule has 0 radical (unpaired) electrons. The van der Waals surface area contributed by atoms with Gasteiger partial charge in [0.05, 0.1) is 17.4 Å². The van der Waals surface area contributed by atoms with E-state index in [0.29, 0.717) is 6.42 Å². The Bertz CT molecular complexity index is 614. The van der Waals surface area contributed by atoms with Crippen LogP contribution >= 0.6 is 0 Å². The minimum atomic E-state index is -3.03. The highest BCUT2D eigenvalue weighted by Gasteiger charge is 2.33. The van der Waals surface area contributed by atoms with Crippen LogP contribution < -0.4 is 5.32 Å². The lowest BCUT2D eigenvalue weighted by Gasteiger charge is -2.23. The van der Waals surface area contributed by atoms with Gasteiger partial charge in [-0.1, -0.05) is 39.0 Å². The minimum Gasteiger partial charge on any atom is -0.326 e. The fourth-order valence-electron chi connectivity index (χ4n) is 2.48. The Labute approximate surface area is 120 Å². The average molecular weight is 295 g/mol. The minimum absolute atomic E-state index is 0.0312. The maximum atomic E-state index is 12.2. The number of nitrogens with one attached hydrogen (secondary N) is 1. The maximum Gasteiger partial charge on any atom is 0.228 e. The van der Waals surface area contributed by atoms with Gasteiger partial charge in [0.25, 0.3) is 0 Å². The Morgan fingerprint density at radius 2 is 1.90 bits per heavy atom. The number of hydrogen-bond donors (Lipinski definition) is 1. The lowest BCUT2D eigenvalue weighted by Crippen LogP contribution is -2.25. The molecule has 1 saturated heterocycles. The third-order valence-electron chi connectivity index (χ3n) is 3.60. The van der Waals surface area contributed by atoms with Crippen LogP contribution in [0.3, 0.4) is 0 Å². The van der Waals surface area contributed by atoms with Crippen molar-refractivity contribution >= 4 is 21.4 Å². The van der Waals surface area contributed by atoms with E-state index in [-0.39, 0.29) is 22.8 Å². The number of sulfone groups is 1. The molecule has 0 aliphatic carbocycles. The van der Waals surface area contributed by atoms with Crippen molar-refractivity contribution in [2.45, 2.75) is 32.6 Å². The molecule has 1 aliphatic rings. The van der Waals surface area contributed by atoms with Gasteiger partial charge in [0.2, 0.25) is 5.91 Å². The fraction of sp³-hybridized carbons (Fsp3) is 0.533. The van der Waals surface area contributed by atoms with Crippen molar-refractivity contribution in [1.82, 2.24) is 0 Å². The molecule has 1 atom stereocenters. The molecule has 20 heavy (non-hydrogen) atoms. The summed E-state index contributed by atoms with van der Waals surface area (Å²) in [5.74, 6) is -0.529. The Kier molecular flexibility index (Phi) is 3.91. The molecule has 5 heteroatoms. The highest BCUT2D eigenvalue weighted by atomic mass is 32.2. The summed E-state index contributed by atoms with van der Waals surface area (Å²) < 4.78 is 22.9. The Morgan fingerprint density at radius 3 is 2.45 bits per heavy atom. The van der Waals surface area contributed by atoms with Gasteiger partial charge in [0, 0.05) is 5.69 Å². The smallest absolute Gasteiger partial charge is 0.228 e. The van der Waals surface area contributed by atoms with E-state index >= 15 is 0 Å². The van der Waals surface area contributed by atoms with E-state index in [9.17, 15) is 13.2 Å². The second-order valence-corrected chi connectivity index (χ2v) is 8.61. The highest BCUT2D eigenvalue weighted by Crippen LogP contribution is 2.30. The van der Waals surface area contributed by atoms with Crippen molar-refractivity contribution < 1.29 is 13.2 Å². The maximum absolute atomic E-state index is 12.2. The summed E-state index contributed by atoms with van der Waals surface area (Å²) in [5, 5.41) is 2.89. The molecule has 0 saturated carbocycles. The van der Waals surface area contributed by atoms with Crippen LogP contribution in [-0.2, 0) is 20.0 Å². The molecule has 0 aromatic heterocycles. The summed E-state index contributed by atoms with van der Waals surface area (Å²) in [6, 6.07) is 7.66. The normalized spacial score (nSPS) is 21.6. The summed E-state index contributed by atoms with van der Waals surface area (Å²) in [7, 11) is -3.03. The molecule has 0 unspecified atom stereocenters. The van der Waals surface area contributed by atoms with Crippen LogP contribution in [0.2, 0.25) is 0 Å². The van der Waals surface area contributed by atoms with Gasteiger partial charge < -0.3 is 5.32 Å². The van der Waals surface area contributed by atoms with Gasteiger partial charge in [-0.15, -0.1) is 0 Å². The number of benzene rings is 1. The first-order valence-electron chi connectivity index (χ1n) is 6.80. The molecule has 4 nitrogen and oxygen atoms in total. The molecule has 0 bridgehead atoms. The molecule has 1 N–H and O–H groups in total. The molecular weight excluding hydrogens is 274 g/mol. The van der Waals surface area contributed by atoms with Crippen molar-refractivity contribution in [3.8, 4) is 0 Å². The molecule has 0 spiro atoms. The van der Waals surface area contributed by atoms with Crippen molar-refractivity contribution in [2.24, 2.45) is 5.92 Å². The number of para-hydroxylation sites is 1. The predicted octanol–water partition coefficient (Wildman–Crippen LogP) is 2.36. The van der Waals surface area contributed by atoms with E-state index in [1.54, 1.807) is 0 Å². The van der Waals surface area contributed by atoms with Crippen LogP contribution in [0.5, 0.6) is 0 Å². The van der Waals surface area contributed by atoms with E-state index in [0.717, 1.165) is 11.3 Å². The monoisotopic (exact) mass is 295 g/mol. The van der Waals surface area contributed by atoms with Crippen molar-refractivity contribution in [3.63, 3.8) is 0 Å². The van der Waals surface area contributed by atoms with Crippen molar-refractivity contribution in [3.05, 3.63) is 29.8 Å². The van der Waals surface area contributed by atoms with Crippen LogP contribution in [0.4, 0.5) is 5.69 Å². The second-order valence-electron chi connectivity index (χ2n) is 6.38. The van der Waals surface area contributed by atoms with E-state index in [2.05, 4.69) is 26.1 Å². The van der Waals surface area contributed by atoms with Crippen LogP contribution in [0, 0.1) is 5.92 Å². The molecule has 1 amide bonds. The lowest BCUT2D eigenvalue weighted by molar-refractivity contribution is -0.119. The molecule has 1 aliphatic heterocycles. The number of carbonyl (C=O) groups excluding carboxylic acids is 1. The lowest BCUT2D eigenvalue weighted by atomic mass is 9.85. The highest BCUT2D eigenvalue weighted by molar-refractivity contribution is 7.91. The zero-order valence-corrected chi connectivity index (χ0v) is 13.0. The van der Waals surface area contributed by atoms with Gasteiger partial charge in [-0.2, -0.15) is 0 Å². The number of amides is 1. The molecule has 110 valence electrons. The summed E-state index contributed by atoms with van der Waals surface area (Å²) in [4.78, 5) is 12.2. The third kappa shape index (κ3) is 3.39. The van der Waals surface area contributed by atoms with Gasteiger partial charge in [-0.25, -0.2) is 8.42 Å². The van der Waals surface area contributed by atoms with Gasteiger partial charge in [0.1, 0.15) is 0 Å². The topological polar surface area (TPSA) is 63.2 Å². The average Bonchev–Trinajstić information content (AvgIpc) is 2.69. The first-order valence-corrected chi connectivity index (χ1v) is 8.62. The first-order chi connectivity index (χ1) is 9.19. The summed E-state index contributed by atoms with van der Waals surface area (Å²) >= 11 is 0. The Hall–Kier alpha value is -1.36. The summed E-state index contributed by atoms with van der Waals surface area (Å²) in [6.45, 7) is 6.24. The second kappa shape index (κ2) is 5.20. The van der Waals surface area contributed by atoms with Gasteiger partial charge >= 0.3 is 0 Å². The third-order valence-corrected chi connectivity index (χ3v) is 5.36. The fourth-order valence-corrected chi connectivity index (χ4v) is 4.22. The van der Waals surface area contributed by atoms with Crippen LogP contribution in [0.15, 0.2) is 24.3 Å². The zero-order valence-electron chi connectivity index (χ0n) is 12.1. The van der Waals surface area contributed by atoms with Gasteiger partial charge in [0.15, 0.2) is 9.84 Å². The van der Waals surface area contributed by atoms with E-state index < -0.39 is 15.8 Å². The molecule has 1 heterocycles. The number of hydrogen-bond acceptors (Lipinski definition) is 3. The SMILES string of the molecule is CC(C)(C)c1ccccc1NC(=O)[C@@H]1CCS(=O)(=O)C1. The quantitative estimate of drug-likeness (QED) is 0.911. The van der Waals surface area contributed by atoms with Crippen molar-refractivity contribution in [1.29, 1.82) is 0 Å². The molecule has 2 rings (SSSR count). The Balaban J connectivity index is 2.17. The molecular formula is C15H21NO3S. The summed E-state index contributed by atoms with van der Waals surface area (Å²) in [6.07, 6.45) is 0.422. The number of rotatable bonds is 2. The van der Waals surface area contributed by atoms with Crippen LogP contribution in [0.25, 0.3) is 0 Å². The molecule has 1 aromatic carbocycles. The van der Waals surface area contributed by atoms with Gasteiger partial charge in [-0.05, 0) is 23.5 Å². The molecule has 1 aromatic rings. The van der Waals surface area contributed by atoms with Crippen LogP contribution in [0.1, 0.15) is 32.8 Å². The number of anilines is 1. The van der Waals surface area contributed by atoms with Gasteiger partial charge in [-0.3, -0.25) is 4.79 Å². The zero-order chi connectivity index (χ0) is 15.0. The molecule has 1 fully saturated rings. The standard InChI is InChI=1S/C15H21NO3S/c1-15(2,3)12-6-4-5-7-13(12)16-14(17)11-8-9-20(18,19)10-11/h4-7,11H,8-10H2,1-3H3,(H,16,17)/t11-/m1/s1. The first kappa shape index (κ1) is 15.0. The van der Waals surface area contributed by atoms with Crippen LogP contribution in [-0.4, -0.2) is 25.8 Å². The van der Waals surface area contributed by atoms with E-state index in [1.165, 1.54) is 0 Å². The predicted molar refractivity (Wildman–Crippen MR) is 80.5 cm³/mol.